The minimum Gasteiger partial charge on any atom is -0.467 e. The summed E-state index contributed by atoms with van der Waals surface area (Å²) in [5, 5.41) is 0.487. The molecule has 1 saturated heterocycles. The van der Waals surface area contributed by atoms with Crippen molar-refractivity contribution in [2.24, 2.45) is 0 Å². The van der Waals surface area contributed by atoms with E-state index in [2.05, 4.69) is 4.98 Å². The lowest BCUT2D eigenvalue weighted by Gasteiger charge is -2.31. The molecule has 0 unspecified atom stereocenters. The monoisotopic (exact) mass is 421 g/mol. The van der Waals surface area contributed by atoms with Gasteiger partial charge in [-0.3, -0.25) is 4.79 Å². The molecule has 1 aliphatic rings. The molecule has 3 heterocycles. The summed E-state index contributed by atoms with van der Waals surface area (Å²) >= 11 is 1.35. The predicted molar refractivity (Wildman–Crippen MR) is 115 cm³/mol. The number of aromatic nitrogens is 2. The maximum atomic E-state index is 13.8. The molecule has 2 aromatic heterocycles. The fourth-order valence-electron chi connectivity index (χ4n) is 3.73. The van der Waals surface area contributed by atoms with Gasteiger partial charge in [-0.05, 0) is 48.5 Å². The fraction of sp³-hybridized carbons (Fsp3) is 0.217. The summed E-state index contributed by atoms with van der Waals surface area (Å²) in [6, 6.07) is 16.5. The normalized spacial score (nSPS) is 14.9. The van der Waals surface area contributed by atoms with E-state index in [0.717, 1.165) is 23.2 Å². The van der Waals surface area contributed by atoms with Crippen molar-refractivity contribution in [1.29, 1.82) is 0 Å². The molecule has 0 N–H and O–H groups in total. The Morgan fingerprint density at radius 1 is 1.03 bits per heavy atom. The van der Waals surface area contributed by atoms with Gasteiger partial charge in [0.1, 0.15) is 17.4 Å². The minimum atomic E-state index is -0.332. The Hall–Kier alpha value is -3.19. The number of rotatable bonds is 4. The number of piperidine rings is 1. The van der Waals surface area contributed by atoms with Crippen LogP contribution in [0, 0.1) is 5.82 Å². The molecule has 0 atom stereocenters. The Bertz CT molecular complexity index is 1160. The molecule has 0 aliphatic carbocycles. The highest BCUT2D eigenvalue weighted by molar-refractivity contribution is 7.20. The van der Waals surface area contributed by atoms with Crippen LogP contribution in [0.4, 0.5) is 4.39 Å². The molecular weight excluding hydrogens is 401 g/mol. The smallest absolute Gasteiger partial charge is 0.274 e. The quantitative estimate of drug-likeness (QED) is 0.470. The third-order valence-electron chi connectivity index (χ3n) is 5.36. The number of carbonyl (C=O) groups is 1. The van der Waals surface area contributed by atoms with Gasteiger partial charge in [0.25, 0.3) is 11.1 Å². The van der Waals surface area contributed by atoms with Gasteiger partial charge < -0.3 is 14.2 Å². The zero-order valence-electron chi connectivity index (χ0n) is 16.2. The molecule has 7 heteroatoms. The van der Waals surface area contributed by atoms with Gasteiger partial charge in [0.15, 0.2) is 0 Å². The number of likely N-dealkylation sites (tertiary alicyclic amines) is 1. The van der Waals surface area contributed by atoms with Crippen LogP contribution in [0.25, 0.3) is 15.9 Å². The SMILES string of the molecule is O=C(c1ccc(-n2cccc2)cc1)N1CCC(Oc2nc3c(F)cccc3s2)CC1. The van der Waals surface area contributed by atoms with Crippen molar-refractivity contribution in [3.05, 3.63) is 78.4 Å². The second-order valence-electron chi connectivity index (χ2n) is 7.31. The van der Waals surface area contributed by atoms with Gasteiger partial charge in [0, 0.05) is 49.6 Å². The average Bonchev–Trinajstić information content (AvgIpc) is 3.45. The van der Waals surface area contributed by atoms with Gasteiger partial charge in [0.05, 0.1) is 4.70 Å². The van der Waals surface area contributed by atoms with Crippen molar-refractivity contribution < 1.29 is 13.9 Å². The van der Waals surface area contributed by atoms with Crippen molar-refractivity contribution >= 4 is 27.5 Å². The number of amides is 1. The van der Waals surface area contributed by atoms with Crippen LogP contribution in [0.2, 0.25) is 0 Å². The fourth-order valence-corrected chi connectivity index (χ4v) is 4.63. The molecule has 1 amide bonds. The third kappa shape index (κ3) is 3.68. The van der Waals surface area contributed by atoms with Gasteiger partial charge in [-0.2, -0.15) is 4.98 Å². The number of halogens is 1. The lowest BCUT2D eigenvalue weighted by molar-refractivity contribution is 0.0595. The molecule has 0 saturated carbocycles. The molecule has 30 heavy (non-hydrogen) atoms. The Morgan fingerprint density at radius 3 is 2.47 bits per heavy atom. The van der Waals surface area contributed by atoms with Crippen LogP contribution < -0.4 is 4.74 Å². The first kappa shape index (κ1) is 18.8. The number of para-hydroxylation sites is 1. The van der Waals surface area contributed by atoms with E-state index in [4.69, 9.17) is 4.74 Å². The summed E-state index contributed by atoms with van der Waals surface area (Å²) in [7, 11) is 0. The molecule has 4 aromatic rings. The predicted octanol–water partition coefficient (Wildman–Crippen LogP) is 4.91. The van der Waals surface area contributed by atoms with Gasteiger partial charge in [-0.25, -0.2) is 4.39 Å². The molecule has 2 aromatic carbocycles. The summed E-state index contributed by atoms with van der Waals surface area (Å²) in [5.74, 6) is -0.295. The highest BCUT2D eigenvalue weighted by Crippen LogP contribution is 2.31. The minimum absolute atomic E-state index is 0.0196. The molecule has 5 nitrogen and oxygen atoms in total. The van der Waals surface area contributed by atoms with Gasteiger partial charge >= 0.3 is 0 Å². The van der Waals surface area contributed by atoms with Crippen molar-refractivity contribution in [3.8, 4) is 10.9 Å². The molecule has 0 bridgehead atoms. The first-order valence-electron chi connectivity index (χ1n) is 9.92. The highest BCUT2D eigenvalue weighted by atomic mass is 32.1. The maximum Gasteiger partial charge on any atom is 0.274 e. The summed E-state index contributed by atoms with van der Waals surface area (Å²) in [5.41, 5.74) is 2.07. The van der Waals surface area contributed by atoms with E-state index < -0.39 is 0 Å². The maximum absolute atomic E-state index is 13.8. The van der Waals surface area contributed by atoms with Gasteiger partial charge in [-0.15, -0.1) is 0 Å². The molecule has 152 valence electrons. The number of carbonyl (C=O) groups excluding carboxylic acids is 1. The van der Waals surface area contributed by atoms with Crippen LogP contribution in [0.1, 0.15) is 23.2 Å². The second-order valence-corrected chi connectivity index (χ2v) is 8.31. The first-order chi connectivity index (χ1) is 14.7. The summed E-state index contributed by atoms with van der Waals surface area (Å²) in [4.78, 5) is 19.0. The number of ether oxygens (including phenoxy) is 1. The third-order valence-corrected chi connectivity index (χ3v) is 6.28. The van der Waals surface area contributed by atoms with E-state index in [9.17, 15) is 9.18 Å². The molecule has 1 aliphatic heterocycles. The van der Waals surface area contributed by atoms with E-state index in [0.29, 0.717) is 29.4 Å². The summed E-state index contributed by atoms with van der Waals surface area (Å²) in [6.07, 6.45) is 5.38. The number of fused-ring (bicyclic) bond motifs is 1. The van der Waals surface area contributed by atoms with E-state index >= 15 is 0 Å². The number of hydrogen-bond donors (Lipinski definition) is 0. The van der Waals surface area contributed by atoms with Crippen molar-refractivity contribution in [3.63, 3.8) is 0 Å². The lowest BCUT2D eigenvalue weighted by Crippen LogP contribution is -2.41. The highest BCUT2D eigenvalue weighted by Gasteiger charge is 2.25. The van der Waals surface area contributed by atoms with Crippen LogP contribution in [0.15, 0.2) is 67.0 Å². The summed E-state index contributed by atoms with van der Waals surface area (Å²) < 4.78 is 22.6. The van der Waals surface area contributed by atoms with E-state index in [1.54, 1.807) is 6.07 Å². The van der Waals surface area contributed by atoms with Gasteiger partial charge in [0.2, 0.25) is 0 Å². The molecule has 0 radical (unpaired) electrons. The Balaban J connectivity index is 1.20. The van der Waals surface area contributed by atoms with Crippen molar-refractivity contribution in [1.82, 2.24) is 14.5 Å². The Kier molecular flexibility index (Phi) is 4.96. The Labute approximate surface area is 177 Å². The number of benzene rings is 2. The summed E-state index contributed by atoms with van der Waals surface area (Å²) in [6.45, 7) is 1.25. The number of thiazole rings is 1. The molecule has 5 rings (SSSR count). The van der Waals surface area contributed by atoms with Crippen LogP contribution >= 0.6 is 11.3 Å². The molecular formula is C23H20FN3O2S. The van der Waals surface area contributed by atoms with E-state index in [1.165, 1.54) is 17.4 Å². The number of nitrogens with zero attached hydrogens (tertiary/aromatic N) is 3. The van der Waals surface area contributed by atoms with Crippen molar-refractivity contribution in [2.45, 2.75) is 18.9 Å². The lowest BCUT2D eigenvalue weighted by atomic mass is 10.1. The van der Waals surface area contributed by atoms with Crippen LogP contribution in [0.5, 0.6) is 5.19 Å². The topological polar surface area (TPSA) is 47.4 Å². The zero-order valence-corrected chi connectivity index (χ0v) is 17.0. The number of hydrogen-bond acceptors (Lipinski definition) is 4. The average molecular weight is 421 g/mol. The van der Waals surface area contributed by atoms with E-state index in [-0.39, 0.29) is 17.8 Å². The van der Waals surface area contributed by atoms with Crippen LogP contribution in [0.3, 0.4) is 0 Å². The first-order valence-corrected chi connectivity index (χ1v) is 10.7. The van der Waals surface area contributed by atoms with Crippen LogP contribution in [-0.4, -0.2) is 39.6 Å². The van der Waals surface area contributed by atoms with Crippen molar-refractivity contribution in [2.75, 3.05) is 13.1 Å². The Morgan fingerprint density at radius 2 is 1.77 bits per heavy atom. The second kappa shape index (κ2) is 7.91. The largest absolute Gasteiger partial charge is 0.467 e. The van der Waals surface area contributed by atoms with Gasteiger partial charge in [-0.1, -0.05) is 17.4 Å². The zero-order chi connectivity index (χ0) is 20.5. The van der Waals surface area contributed by atoms with Crippen LogP contribution in [-0.2, 0) is 0 Å². The van der Waals surface area contributed by atoms with E-state index in [1.807, 2.05) is 64.3 Å². The standard InChI is InChI=1S/C23H20FN3O2S/c24-19-4-3-5-20-21(19)25-23(30-20)29-18-10-14-27(15-11-18)22(28)16-6-8-17(9-7-16)26-12-1-2-13-26/h1-9,12-13,18H,10-11,14-15H2. The molecule has 1 fully saturated rings. The molecule has 0 spiro atoms.